The van der Waals surface area contributed by atoms with Crippen molar-refractivity contribution < 1.29 is 9.59 Å². The summed E-state index contributed by atoms with van der Waals surface area (Å²) in [5.74, 6) is 0.0606. The molecular formula is C25H29N3O2S. The molecule has 0 aliphatic carbocycles. The Morgan fingerprint density at radius 3 is 2.77 bits per heavy atom. The van der Waals surface area contributed by atoms with Crippen molar-refractivity contribution in [2.75, 3.05) is 6.54 Å². The average molecular weight is 436 g/mol. The summed E-state index contributed by atoms with van der Waals surface area (Å²) in [6.45, 7) is 4.81. The van der Waals surface area contributed by atoms with Gasteiger partial charge in [0.2, 0.25) is 5.91 Å². The van der Waals surface area contributed by atoms with Gasteiger partial charge in [0.25, 0.3) is 5.91 Å². The maximum Gasteiger partial charge on any atom is 0.261 e. The molecular weight excluding hydrogens is 406 g/mol. The normalized spacial score (nSPS) is 16.8. The van der Waals surface area contributed by atoms with Crippen molar-refractivity contribution in [2.45, 2.75) is 58.5 Å². The molecule has 1 aliphatic rings. The van der Waals surface area contributed by atoms with Crippen LogP contribution in [0.25, 0.3) is 10.1 Å². The fraction of sp³-hybridized carbons (Fsp3) is 0.400. The molecule has 6 heteroatoms. The minimum absolute atomic E-state index is 0.0671. The maximum atomic E-state index is 13.2. The van der Waals surface area contributed by atoms with Crippen LogP contribution in [0, 0.1) is 6.92 Å². The number of fused-ring (bicyclic) bond motifs is 1. The van der Waals surface area contributed by atoms with E-state index < -0.39 is 0 Å². The van der Waals surface area contributed by atoms with Gasteiger partial charge in [-0.2, -0.15) is 0 Å². The van der Waals surface area contributed by atoms with E-state index in [-0.39, 0.29) is 17.9 Å². The first-order valence-electron chi connectivity index (χ1n) is 11.0. The van der Waals surface area contributed by atoms with Crippen LogP contribution in [0.4, 0.5) is 0 Å². The predicted octanol–water partition coefficient (Wildman–Crippen LogP) is 4.87. The van der Waals surface area contributed by atoms with Gasteiger partial charge in [0.05, 0.1) is 17.1 Å². The molecule has 1 N–H and O–H groups in total. The molecule has 1 aromatic carbocycles. The molecule has 1 saturated heterocycles. The first-order valence-corrected chi connectivity index (χ1v) is 11.8. The summed E-state index contributed by atoms with van der Waals surface area (Å²) in [6.07, 6.45) is 5.03. The number of rotatable bonds is 5. The lowest BCUT2D eigenvalue weighted by molar-refractivity contribution is -0.131. The van der Waals surface area contributed by atoms with Crippen molar-refractivity contribution in [3.05, 3.63) is 64.3 Å². The summed E-state index contributed by atoms with van der Waals surface area (Å²) in [5.41, 5.74) is 2.85. The molecule has 2 aromatic heterocycles. The number of nitrogens with zero attached hydrogens (tertiary/aromatic N) is 2. The first-order chi connectivity index (χ1) is 15.0. The smallest absolute Gasteiger partial charge is 0.261 e. The number of pyridine rings is 1. The van der Waals surface area contributed by atoms with Gasteiger partial charge in [-0.1, -0.05) is 37.1 Å². The molecule has 2 amide bonds. The summed E-state index contributed by atoms with van der Waals surface area (Å²) >= 11 is 1.54. The number of thiophene rings is 1. The highest BCUT2D eigenvalue weighted by Gasteiger charge is 2.27. The van der Waals surface area contributed by atoms with Crippen LogP contribution in [0.3, 0.4) is 0 Å². The molecule has 1 aliphatic heterocycles. The van der Waals surface area contributed by atoms with Crippen molar-refractivity contribution in [3.8, 4) is 0 Å². The topological polar surface area (TPSA) is 62.3 Å². The fourth-order valence-corrected chi connectivity index (χ4v) is 5.62. The van der Waals surface area contributed by atoms with Crippen LogP contribution in [0.2, 0.25) is 0 Å². The van der Waals surface area contributed by atoms with Crippen LogP contribution in [-0.4, -0.2) is 34.3 Å². The molecule has 1 fully saturated rings. The molecule has 1 unspecified atom stereocenters. The lowest BCUT2D eigenvalue weighted by Crippen LogP contribution is -2.40. The standard InChI is InChI=1S/C25H29N3O2S/c1-17-9-8-10-19(27-17)16-26-25(30)24-22(21-12-5-6-13-23(21)31-24)15-20-11-4-3-7-14-28(20)18(2)29/h5-6,8-10,12-13,20H,3-4,7,11,14-16H2,1-2H3,(H,26,30). The third-order valence-electron chi connectivity index (χ3n) is 6.00. The third-order valence-corrected chi connectivity index (χ3v) is 7.21. The van der Waals surface area contributed by atoms with E-state index in [1.807, 2.05) is 42.2 Å². The number of amides is 2. The summed E-state index contributed by atoms with van der Waals surface area (Å²) < 4.78 is 1.11. The highest BCUT2D eigenvalue weighted by Crippen LogP contribution is 2.34. The molecule has 4 rings (SSSR count). The van der Waals surface area contributed by atoms with Gasteiger partial charge in [0.1, 0.15) is 0 Å². The third kappa shape index (κ3) is 4.96. The monoisotopic (exact) mass is 435 g/mol. The number of nitrogens with one attached hydrogen (secondary N) is 1. The SMILES string of the molecule is CC(=O)N1CCCCCC1Cc1c(C(=O)NCc2cccc(C)n2)sc2ccccc12. The second kappa shape index (κ2) is 9.60. The van der Waals surface area contributed by atoms with Crippen molar-refractivity contribution in [1.82, 2.24) is 15.2 Å². The van der Waals surface area contributed by atoms with Gasteiger partial charge in [0.15, 0.2) is 0 Å². The van der Waals surface area contributed by atoms with Gasteiger partial charge < -0.3 is 10.2 Å². The lowest BCUT2D eigenvalue weighted by Gasteiger charge is -2.29. The van der Waals surface area contributed by atoms with Gasteiger partial charge in [-0.05, 0) is 55.3 Å². The van der Waals surface area contributed by atoms with E-state index in [0.29, 0.717) is 6.54 Å². The Morgan fingerprint density at radius 1 is 1.13 bits per heavy atom. The minimum atomic E-state index is -0.0671. The van der Waals surface area contributed by atoms with E-state index in [0.717, 1.165) is 70.6 Å². The van der Waals surface area contributed by atoms with Crippen molar-refractivity contribution >= 4 is 33.2 Å². The number of carbonyl (C=O) groups is 2. The maximum absolute atomic E-state index is 13.2. The number of benzene rings is 1. The number of likely N-dealkylation sites (tertiary alicyclic amines) is 1. The van der Waals surface area contributed by atoms with Crippen LogP contribution in [0.5, 0.6) is 0 Å². The van der Waals surface area contributed by atoms with Crippen LogP contribution >= 0.6 is 11.3 Å². The molecule has 0 radical (unpaired) electrons. The highest BCUT2D eigenvalue weighted by molar-refractivity contribution is 7.21. The number of carbonyl (C=O) groups excluding carboxylic acids is 2. The van der Waals surface area contributed by atoms with Gasteiger partial charge in [-0.3, -0.25) is 14.6 Å². The zero-order chi connectivity index (χ0) is 21.8. The largest absolute Gasteiger partial charge is 0.346 e. The van der Waals surface area contributed by atoms with Gasteiger partial charge >= 0.3 is 0 Å². The minimum Gasteiger partial charge on any atom is -0.346 e. The molecule has 1 atom stereocenters. The van der Waals surface area contributed by atoms with Crippen molar-refractivity contribution in [2.24, 2.45) is 0 Å². The van der Waals surface area contributed by atoms with Gasteiger partial charge in [-0.15, -0.1) is 11.3 Å². The molecule has 3 aromatic rings. The van der Waals surface area contributed by atoms with Crippen LogP contribution in [-0.2, 0) is 17.8 Å². The molecule has 5 nitrogen and oxygen atoms in total. The molecule has 0 bridgehead atoms. The second-order valence-electron chi connectivity index (χ2n) is 8.28. The lowest BCUT2D eigenvalue weighted by atomic mass is 9.98. The quantitative estimate of drug-likeness (QED) is 0.622. The van der Waals surface area contributed by atoms with E-state index >= 15 is 0 Å². The number of hydrogen-bond donors (Lipinski definition) is 1. The molecule has 0 saturated carbocycles. The Bertz CT molecular complexity index is 1090. The van der Waals surface area contributed by atoms with Crippen LogP contribution < -0.4 is 5.32 Å². The summed E-state index contributed by atoms with van der Waals surface area (Å²) in [6, 6.07) is 14.2. The number of aryl methyl sites for hydroxylation is 1. The number of aromatic nitrogens is 1. The Hall–Kier alpha value is -2.73. The van der Waals surface area contributed by atoms with E-state index in [1.165, 1.54) is 11.3 Å². The Morgan fingerprint density at radius 2 is 1.97 bits per heavy atom. The second-order valence-corrected chi connectivity index (χ2v) is 9.33. The van der Waals surface area contributed by atoms with Crippen molar-refractivity contribution in [1.29, 1.82) is 0 Å². The zero-order valence-corrected chi connectivity index (χ0v) is 19.0. The van der Waals surface area contributed by atoms with Crippen LogP contribution in [0.1, 0.15) is 59.2 Å². The highest BCUT2D eigenvalue weighted by atomic mass is 32.1. The average Bonchev–Trinajstić information content (AvgIpc) is 2.95. The predicted molar refractivity (Wildman–Crippen MR) is 125 cm³/mol. The zero-order valence-electron chi connectivity index (χ0n) is 18.2. The molecule has 31 heavy (non-hydrogen) atoms. The number of hydrogen-bond acceptors (Lipinski definition) is 4. The van der Waals surface area contributed by atoms with E-state index in [2.05, 4.69) is 22.4 Å². The summed E-state index contributed by atoms with van der Waals surface area (Å²) in [5, 5.41) is 4.18. The fourth-order valence-electron chi connectivity index (χ4n) is 4.47. The molecule has 0 spiro atoms. The Labute approximate surface area is 187 Å². The summed E-state index contributed by atoms with van der Waals surface area (Å²) in [4.78, 5) is 32.8. The first kappa shape index (κ1) is 21.5. The van der Waals surface area contributed by atoms with Gasteiger partial charge in [0, 0.05) is 29.9 Å². The molecule has 162 valence electrons. The van der Waals surface area contributed by atoms with Gasteiger partial charge in [-0.25, -0.2) is 0 Å². The Kier molecular flexibility index (Phi) is 6.66. The van der Waals surface area contributed by atoms with E-state index in [1.54, 1.807) is 6.92 Å². The van der Waals surface area contributed by atoms with Crippen molar-refractivity contribution in [3.63, 3.8) is 0 Å². The summed E-state index contributed by atoms with van der Waals surface area (Å²) in [7, 11) is 0. The van der Waals surface area contributed by atoms with E-state index in [4.69, 9.17) is 0 Å². The Balaban J connectivity index is 1.62. The van der Waals surface area contributed by atoms with E-state index in [9.17, 15) is 9.59 Å². The molecule has 3 heterocycles. The van der Waals surface area contributed by atoms with Crippen LogP contribution in [0.15, 0.2) is 42.5 Å².